The van der Waals surface area contributed by atoms with E-state index in [1.54, 1.807) is 0 Å². The summed E-state index contributed by atoms with van der Waals surface area (Å²) in [6.45, 7) is 2.40. The second-order valence-corrected chi connectivity index (χ2v) is 4.32. The average molecular weight is 237 g/mol. The molecular weight excluding hydrogens is 226 g/mol. The minimum Gasteiger partial charge on any atom is -0.478 e. The van der Waals surface area contributed by atoms with Crippen LogP contribution in [0.2, 0.25) is 0 Å². The van der Waals surface area contributed by atoms with E-state index in [2.05, 4.69) is 0 Å². The molecule has 1 aromatic rings. The van der Waals surface area contributed by atoms with E-state index < -0.39 is 10.9 Å². The number of non-ortho nitro benzene ring substituents is 1. The molecule has 6 heteroatoms. The zero-order valence-electron chi connectivity index (χ0n) is 9.17. The first-order valence-electron chi connectivity index (χ1n) is 5.06. The van der Waals surface area contributed by atoms with Crippen LogP contribution in [0.25, 0.3) is 0 Å². The van der Waals surface area contributed by atoms with Crippen molar-refractivity contribution >= 4 is 11.7 Å². The van der Waals surface area contributed by atoms with Crippen LogP contribution in [0.1, 0.15) is 22.8 Å². The average Bonchev–Trinajstić information content (AvgIpc) is 2.95. The standard InChI is InChI=1S/C11H11NO5/c1-11(6-17-11)5-7-4-8(12(15)16)2-3-9(7)10(13)14/h2-4H,5-6H2,1H3,(H,13,14). The number of carboxylic acids is 1. The number of rotatable bonds is 4. The van der Waals surface area contributed by atoms with Crippen LogP contribution in [0.4, 0.5) is 5.69 Å². The first-order valence-corrected chi connectivity index (χ1v) is 5.06. The van der Waals surface area contributed by atoms with E-state index in [9.17, 15) is 14.9 Å². The summed E-state index contributed by atoms with van der Waals surface area (Å²) in [4.78, 5) is 21.1. The number of nitrogens with zero attached hydrogens (tertiary/aromatic N) is 1. The fraction of sp³-hybridized carbons (Fsp3) is 0.364. The molecule has 1 aliphatic heterocycles. The van der Waals surface area contributed by atoms with Crippen LogP contribution in [-0.2, 0) is 11.2 Å². The summed E-state index contributed by atoms with van der Waals surface area (Å²) < 4.78 is 5.17. The molecule has 0 bridgehead atoms. The molecule has 1 aromatic carbocycles. The predicted octanol–water partition coefficient (Wildman–Crippen LogP) is 1.62. The third-order valence-electron chi connectivity index (χ3n) is 2.73. The molecule has 1 aliphatic rings. The molecule has 1 saturated heterocycles. The smallest absolute Gasteiger partial charge is 0.335 e. The monoisotopic (exact) mass is 237 g/mol. The second-order valence-electron chi connectivity index (χ2n) is 4.32. The van der Waals surface area contributed by atoms with E-state index in [-0.39, 0.29) is 16.9 Å². The van der Waals surface area contributed by atoms with E-state index in [4.69, 9.17) is 9.84 Å². The summed E-state index contributed by atoms with van der Waals surface area (Å²) in [7, 11) is 0. The molecule has 0 aliphatic carbocycles. The van der Waals surface area contributed by atoms with Gasteiger partial charge < -0.3 is 9.84 Å². The molecule has 2 rings (SSSR count). The number of aromatic carboxylic acids is 1. The van der Waals surface area contributed by atoms with Crippen molar-refractivity contribution in [3.05, 3.63) is 39.4 Å². The lowest BCUT2D eigenvalue weighted by atomic mass is 9.96. The van der Waals surface area contributed by atoms with Gasteiger partial charge in [0.15, 0.2) is 0 Å². The highest BCUT2D eigenvalue weighted by Gasteiger charge is 2.40. The van der Waals surface area contributed by atoms with Crippen LogP contribution in [0.3, 0.4) is 0 Å². The number of hydrogen-bond acceptors (Lipinski definition) is 4. The molecule has 1 unspecified atom stereocenters. The minimum absolute atomic E-state index is 0.0901. The summed E-state index contributed by atoms with van der Waals surface area (Å²) in [6.07, 6.45) is 0.371. The molecule has 0 amide bonds. The van der Waals surface area contributed by atoms with Gasteiger partial charge in [0.2, 0.25) is 0 Å². The van der Waals surface area contributed by atoms with Gasteiger partial charge in [-0.1, -0.05) is 0 Å². The molecule has 1 fully saturated rings. The van der Waals surface area contributed by atoms with Gasteiger partial charge in [0, 0.05) is 18.6 Å². The number of ether oxygens (including phenoxy) is 1. The van der Waals surface area contributed by atoms with Gasteiger partial charge >= 0.3 is 5.97 Å². The lowest BCUT2D eigenvalue weighted by Gasteiger charge is -2.08. The van der Waals surface area contributed by atoms with Gasteiger partial charge in [0.1, 0.15) is 0 Å². The van der Waals surface area contributed by atoms with Crippen molar-refractivity contribution < 1.29 is 19.6 Å². The minimum atomic E-state index is -1.08. The number of epoxide rings is 1. The fourth-order valence-corrected chi connectivity index (χ4v) is 1.68. The topological polar surface area (TPSA) is 93.0 Å². The third-order valence-corrected chi connectivity index (χ3v) is 2.73. The van der Waals surface area contributed by atoms with Crippen molar-refractivity contribution in [1.29, 1.82) is 0 Å². The molecule has 6 nitrogen and oxygen atoms in total. The Morgan fingerprint density at radius 1 is 1.65 bits per heavy atom. The zero-order valence-corrected chi connectivity index (χ0v) is 9.17. The fourth-order valence-electron chi connectivity index (χ4n) is 1.68. The van der Waals surface area contributed by atoms with E-state index >= 15 is 0 Å². The number of nitro benzene ring substituents is 1. The van der Waals surface area contributed by atoms with E-state index in [0.29, 0.717) is 18.6 Å². The highest BCUT2D eigenvalue weighted by molar-refractivity contribution is 5.89. The van der Waals surface area contributed by atoms with Crippen LogP contribution in [0.15, 0.2) is 18.2 Å². The normalized spacial score (nSPS) is 22.2. The summed E-state index contributed by atoms with van der Waals surface area (Å²) in [5.41, 5.74) is 0.0488. The highest BCUT2D eigenvalue weighted by atomic mass is 16.6. The van der Waals surface area contributed by atoms with Crippen molar-refractivity contribution in [2.24, 2.45) is 0 Å². The van der Waals surface area contributed by atoms with Gasteiger partial charge in [-0.25, -0.2) is 4.79 Å². The van der Waals surface area contributed by atoms with Gasteiger partial charge in [0.25, 0.3) is 5.69 Å². The van der Waals surface area contributed by atoms with Crippen molar-refractivity contribution in [2.45, 2.75) is 18.9 Å². The largest absolute Gasteiger partial charge is 0.478 e. The number of carboxylic acid groups (broad SMARTS) is 1. The molecule has 1 heterocycles. The lowest BCUT2D eigenvalue weighted by Crippen LogP contribution is -2.13. The second kappa shape index (κ2) is 3.81. The predicted molar refractivity (Wildman–Crippen MR) is 58.1 cm³/mol. The van der Waals surface area contributed by atoms with Crippen molar-refractivity contribution in [1.82, 2.24) is 0 Å². The molecule has 1 atom stereocenters. The molecule has 1 N–H and O–H groups in total. The van der Waals surface area contributed by atoms with E-state index in [1.165, 1.54) is 18.2 Å². The van der Waals surface area contributed by atoms with E-state index in [0.717, 1.165) is 0 Å². The SMILES string of the molecule is CC1(Cc2cc([N+](=O)[O-])ccc2C(=O)O)CO1. The summed E-state index contributed by atoms with van der Waals surface area (Å²) in [5.74, 6) is -1.08. The van der Waals surface area contributed by atoms with Gasteiger partial charge in [-0.15, -0.1) is 0 Å². The van der Waals surface area contributed by atoms with Crippen molar-refractivity contribution in [3.8, 4) is 0 Å². The Hall–Kier alpha value is -1.95. The van der Waals surface area contributed by atoms with Crippen molar-refractivity contribution in [3.63, 3.8) is 0 Å². The van der Waals surface area contributed by atoms with Crippen LogP contribution in [0.5, 0.6) is 0 Å². The quantitative estimate of drug-likeness (QED) is 0.488. The Bertz CT molecular complexity index is 493. The Kier molecular flexibility index (Phi) is 2.59. The number of hydrogen-bond donors (Lipinski definition) is 1. The number of benzene rings is 1. The highest BCUT2D eigenvalue weighted by Crippen LogP contribution is 2.32. The number of carbonyl (C=O) groups is 1. The maximum absolute atomic E-state index is 11.0. The Morgan fingerprint density at radius 3 is 2.76 bits per heavy atom. The van der Waals surface area contributed by atoms with Gasteiger partial charge in [0.05, 0.1) is 22.7 Å². The van der Waals surface area contributed by atoms with Crippen LogP contribution >= 0.6 is 0 Å². The first kappa shape index (κ1) is 11.5. The van der Waals surface area contributed by atoms with Crippen LogP contribution < -0.4 is 0 Å². The molecule has 90 valence electrons. The molecule has 0 radical (unpaired) electrons. The Labute approximate surface area is 97.0 Å². The lowest BCUT2D eigenvalue weighted by molar-refractivity contribution is -0.384. The Morgan fingerprint density at radius 2 is 2.29 bits per heavy atom. The summed E-state index contributed by atoms with van der Waals surface area (Å²) in [6, 6.07) is 3.76. The summed E-state index contributed by atoms with van der Waals surface area (Å²) in [5, 5.41) is 19.6. The molecule has 0 saturated carbocycles. The van der Waals surface area contributed by atoms with Gasteiger partial charge in [-0.05, 0) is 18.6 Å². The maximum Gasteiger partial charge on any atom is 0.335 e. The van der Waals surface area contributed by atoms with Crippen LogP contribution in [-0.4, -0.2) is 28.2 Å². The maximum atomic E-state index is 11.0. The van der Waals surface area contributed by atoms with Gasteiger partial charge in [-0.2, -0.15) is 0 Å². The molecule has 0 spiro atoms. The van der Waals surface area contributed by atoms with Gasteiger partial charge in [-0.3, -0.25) is 10.1 Å². The van der Waals surface area contributed by atoms with Crippen molar-refractivity contribution in [2.75, 3.05) is 6.61 Å². The zero-order chi connectivity index (χ0) is 12.6. The van der Waals surface area contributed by atoms with E-state index in [1.807, 2.05) is 6.92 Å². The van der Waals surface area contributed by atoms with Crippen LogP contribution in [0, 0.1) is 10.1 Å². The third kappa shape index (κ3) is 2.42. The molecular formula is C11H11NO5. The Balaban J connectivity index is 2.39. The molecule has 0 aromatic heterocycles. The first-order chi connectivity index (χ1) is 7.91. The number of nitro groups is 1. The molecule has 17 heavy (non-hydrogen) atoms. The summed E-state index contributed by atoms with van der Waals surface area (Å²) >= 11 is 0.